The molecule has 2 aromatic rings. The average Bonchev–Trinajstić information content (AvgIpc) is 2.94. The first-order valence-electron chi connectivity index (χ1n) is 13.9. The van der Waals surface area contributed by atoms with E-state index in [1.807, 2.05) is 13.8 Å². The van der Waals surface area contributed by atoms with Gasteiger partial charge in [0.25, 0.3) is 11.8 Å². The first-order valence-corrected chi connectivity index (χ1v) is 15.7. The Morgan fingerprint density at radius 2 is 1.93 bits per heavy atom. The molecule has 41 heavy (non-hydrogen) atoms. The highest BCUT2D eigenvalue weighted by atomic mass is 32.2. The highest BCUT2D eigenvalue weighted by molar-refractivity contribution is 7.88. The number of anilines is 1. The molecule has 2 N–H and O–H groups in total. The van der Waals surface area contributed by atoms with Crippen molar-refractivity contribution in [2.24, 2.45) is 5.92 Å². The van der Waals surface area contributed by atoms with Gasteiger partial charge in [-0.3, -0.25) is 14.6 Å². The van der Waals surface area contributed by atoms with Crippen LogP contribution in [0.5, 0.6) is 5.75 Å². The molecule has 1 aliphatic rings. The van der Waals surface area contributed by atoms with E-state index in [9.17, 15) is 23.1 Å². The summed E-state index contributed by atoms with van der Waals surface area (Å²) in [6.45, 7) is 6.08. The number of aliphatic hydroxyl groups is 1. The number of hydrogen-bond donors (Lipinski definition) is 2. The molecule has 2 amide bonds. The third-order valence-corrected chi connectivity index (χ3v) is 8.54. The highest BCUT2D eigenvalue weighted by Crippen LogP contribution is 2.29. The van der Waals surface area contributed by atoms with Crippen molar-refractivity contribution in [1.29, 1.82) is 0 Å². The summed E-state index contributed by atoms with van der Waals surface area (Å²) in [5.74, 6) is -0.612. The van der Waals surface area contributed by atoms with Crippen LogP contribution in [0.2, 0.25) is 0 Å². The number of aliphatic hydroxyl groups excluding tert-OH is 1. The molecule has 4 atom stereocenters. The van der Waals surface area contributed by atoms with Crippen LogP contribution in [0.25, 0.3) is 0 Å². The fourth-order valence-corrected chi connectivity index (χ4v) is 4.98. The molecule has 0 saturated carbocycles. The van der Waals surface area contributed by atoms with Gasteiger partial charge >= 0.3 is 0 Å². The Morgan fingerprint density at radius 1 is 1.22 bits per heavy atom. The largest absolute Gasteiger partial charge is 0.490 e. The summed E-state index contributed by atoms with van der Waals surface area (Å²) >= 11 is 0. The topological polar surface area (TPSA) is 138 Å². The standard InChI is InChI=1S/C29H42N4O7S/c1-20-17-33(21(2)19-34)29(36)25-16-24(31-28(35)23-11-13-30-14-12-23)9-10-26(25)40-22(3)8-6-7-15-39-27(20)18-32(4)41(5,37)38/h9-14,16,20-22,27,34H,6-8,15,17-19H2,1-5H3,(H,31,35)/t20-,21-,22+,27+/m0/s1. The number of pyridine rings is 1. The van der Waals surface area contributed by atoms with Crippen molar-refractivity contribution in [3.63, 3.8) is 0 Å². The van der Waals surface area contributed by atoms with Crippen LogP contribution in [0.3, 0.4) is 0 Å². The van der Waals surface area contributed by atoms with Crippen LogP contribution in [-0.2, 0) is 14.8 Å². The quantitative estimate of drug-likeness (QED) is 0.502. The Hall–Kier alpha value is -3.06. The normalized spacial score (nSPS) is 21.9. The minimum Gasteiger partial charge on any atom is -0.490 e. The lowest BCUT2D eigenvalue weighted by molar-refractivity contribution is -0.00828. The number of carbonyl (C=O) groups excluding carboxylic acids is 2. The first-order chi connectivity index (χ1) is 19.4. The molecule has 0 saturated heterocycles. The molecule has 0 radical (unpaired) electrons. The van der Waals surface area contributed by atoms with Crippen molar-refractivity contribution in [3.8, 4) is 5.75 Å². The molecule has 0 aliphatic carbocycles. The van der Waals surface area contributed by atoms with E-state index in [2.05, 4.69) is 10.3 Å². The maximum absolute atomic E-state index is 14.1. The van der Waals surface area contributed by atoms with Crippen LogP contribution >= 0.6 is 0 Å². The predicted octanol–water partition coefficient (Wildman–Crippen LogP) is 3.02. The van der Waals surface area contributed by atoms with E-state index in [-0.39, 0.29) is 49.1 Å². The number of aromatic nitrogens is 1. The van der Waals surface area contributed by atoms with E-state index in [4.69, 9.17) is 9.47 Å². The van der Waals surface area contributed by atoms with Gasteiger partial charge in [0, 0.05) is 56.3 Å². The lowest BCUT2D eigenvalue weighted by Gasteiger charge is -2.35. The SMILES string of the molecule is C[C@@H]1CCCCO[C@H](CN(C)S(C)(=O)=O)[C@@H](C)CN([C@@H](C)CO)C(=O)c2cc(NC(=O)c3ccncc3)ccc2O1. The fourth-order valence-electron chi connectivity index (χ4n) is 4.56. The fraction of sp³-hybridized carbons (Fsp3) is 0.552. The molecular formula is C29H42N4O7S. The lowest BCUT2D eigenvalue weighted by atomic mass is 10.0. The van der Waals surface area contributed by atoms with Crippen molar-refractivity contribution < 1.29 is 32.6 Å². The van der Waals surface area contributed by atoms with Gasteiger partial charge in [0.2, 0.25) is 10.0 Å². The third-order valence-electron chi connectivity index (χ3n) is 7.26. The molecular weight excluding hydrogens is 548 g/mol. The summed E-state index contributed by atoms with van der Waals surface area (Å²) in [6, 6.07) is 7.59. The van der Waals surface area contributed by atoms with E-state index in [1.54, 1.807) is 42.2 Å². The lowest BCUT2D eigenvalue weighted by Crippen LogP contribution is -2.47. The number of likely N-dealkylation sites (N-methyl/N-ethyl adjacent to an activating group) is 1. The molecule has 226 valence electrons. The number of nitrogens with one attached hydrogen (secondary N) is 1. The summed E-state index contributed by atoms with van der Waals surface area (Å²) in [4.78, 5) is 32.4. The number of hydrogen-bond acceptors (Lipinski definition) is 8. The maximum atomic E-state index is 14.1. The third kappa shape index (κ3) is 9.22. The summed E-state index contributed by atoms with van der Waals surface area (Å²) in [5.41, 5.74) is 1.09. The second-order valence-electron chi connectivity index (χ2n) is 10.7. The second kappa shape index (κ2) is 14.7. The zero-order valence-corrected chi connectivity index (χ0v) is 25.3. The maximum Gasteiger partial charge on any atom is 0.258 e. The van der Waals surface area contributed by atoms with Crippen molar-refractivity contribution in [1.82, 2.24) is 14.2 Å². The van der Waals surface area contributed by atoms with Crippen LogP contribution in [0.4, 0.5) is 5.69 Å². The monoisotopic (exact) mass is 590 g/mol. The number of fused-ring (bicyclic) bond motifs is 1. The van der Waals surface area contributed by atoms with Gasteiger partial charge in [-0.05, 0) is 63.4 Å². The van der Waals surface area contributed by atoms with Gasteiger partial charge in [-0.15, -0.1) is 0 Å². The molecule has 3 rings (SSSR count). The van der Waals surface area contributed by atoms with E-state index < -0.39 is 22.2 Å². The number of rotatable bonds is 7. The molecule has 1 aromatic carbocycles. The Kier molecular flexibility index (Phi) is 11.6. The Balaban J connectivity index is 1.99. The van der Waals surface area contributed by atoms with Crippen LogP contribution in [-0.4, -0.2) is 97.4 Å². The molecule has 0 bridgehead atoms. The van der Waals surface area contributed by atoms with Gasteiger partial charge in [0.15, 0.2) is 0 Å². The predicted molar refractivity (Wildman–Crippen MR) is 157 cm³/mol. The number of benzene rings is 1. The van der Waals surface area contributed by atoms with Crippen LogP contribution in [0.15, 0.2) is 42.7 Å². The molecule has 2 heterocycles. The number of ether oxygens (including phenoxy) is 2. The summed E-state index contributed by atoms with van der Waals surface area (Å²) in [7, 11) is -1.93. The number of carbonyl (C=O) groups is 2. The van der Waals surface area contributed by atoms with E-state index in [0.717, 1.165) is 25.5 Å². The van der Waals surface area contributed by atoms with Crippen molar-refractivity contribution in [2.45, 2.75) is 58.3 Å². The van der Waals surface area contributed by atoms with Crippen molar-refractivity contribution in [3.05, 3.63) is 53.9 Å². The summed E-state index contributed by atoms with van der Waals surface area (Å²) in [6.07, 6.45) is 5.83. The highest BCUT2D eigenvalue weighted by Gasteiger charge is 2.31. The smallest absolute Gasteiger partial charge is 0.258 e. The number of sulfonamides is 1. The zero-order valence-electron chi connectivity index (χ0n) is 24.4. The minimum absolute atomic E-state index is 0.136. The van der Waals surface area contributed by atoms with Crippen LogP contribution in [0, 0.1) is 5.92 Å². The van der Waals surface area contributed by atoms with Gasteiger partial charge < -0.3 is 24.8 Å². The number of amides is 2. The zero-order chi connectivity index (χ0) is 30.2. The Labute approximate surface area is 242 Å². The minimum atomic E-state index is -3.44. The Morgan fingerprint density at radius 3 is 2.59 bits per heavy atom. The van der Waals surface area contributed by atoms with E-state index in [0.29, 0.717) is 23.6 Å². The van der Waals surface area contributed by atoms with Crippen LogP contribution < -0.4 is 10.1 Å². The van der Waals surface area contributed by atoms with Gasteiger partial charge in [-0.2, -0.15) is 0 Å². The van der Waals surface area contributed by atoms with Gasteiger partial charge in [-0.25, -0.2) is 12.7 Å². The molecule has 1 aliphatic heterocycles. The van der Waals surface area contributed by atoms with E-state index >= 15 is 0 Å². The van der Waals surface area contributed by atoms with Gasteiger partial charge in [0.05, 0.1) is 36.7 Å². The van der Waals surface area contributed by atoms with Gasteiger partial charge in [0.1, 0.15) is 5.75 Å². The summed E-state index contributed by atoms with van der Waals surface area (Å²) in [5, 5.41) is 12.9. The average molecular weight is 591 g/mol. The molecule has 1 aromatic heterocycles. The molecule has 12 heteroatoms. The second-order valence-corrected chi connectivity index (χ2v) is 12.8. The van der Waals surface area contributed by atoms with E-state index in [1.165, 1.54) is 23.7 Å². The molecule has 0 spiro atoms. The first kappa shape index (κ1) is 32.5. The van der Waals surface area contributed by atoms with Crippen molar-refractivity contribution in [2.75, 3.05) is 44.9 Å². The van der Waals surface area contributed by atoms with Crippen LogP contribution in [0.1, 0.15) is 60.7 Å². The molecule has 11 nitrogen and oxygen atoms in total. The van der Waals surface area contributed by atoms with Gasteiger partial charge in [-0.1, -0.05) is 6.92 Å². The van der Waals surface area contributed by atoms with Crippen molar-refractivity contribution >= 4 is 27.5 Å². The Bertz CT molecular complexity index is 1280. The summed E-state index contributed by atoms with van der Waals surface area (Å²) < 4.78 is 37.9. The molecule has 0 unspecified atom stereocenters. The number of nitrogens with zero attached hydrogens (tertiary/aromatic N) is 3. The molecule has 0 fully saturated rings.